The molecule has 40 heavy (non-hydrogen) atoms. The second-order valence-corrected chi connectivity index (χ2v) is 10.2. The molecule has 1 saturated heterocycles. The summed E-state index contributed by atoms with van der Waals surface area (Å²) < 4.78 is 16.7. The van der Waals surface area contributed by atoms with Crippen LogP contribution in [0.4, 0.5) is 11.4 Å². The molecule has 0 bridgehead atoms. The summed E-state index contributed by atoms with van der Waals surface area (Å²) in [5.74, 6) is 1.58. The van der Waals surface area contributed by atoms with Crippen molar-refractivity contribution in [2.45, 2.75) is 51.6 Å². The largest absolute Gasteiger partial charge is 0.494 e. The number of ether oxygens (including phenoxy) is 3. The molecule has 0 aromatic heterocycles. The lowest BCUT2D eigenvalue weighted by Crippen LogP contribution is -2.37. The number of carbonyl (C=O) groups is 2. The summed E-state index contributed by atoms with van der Waals surface area (Å²) in [6.45, 7) is 3.37. The predicted octanol–water partition coefficient (Wildman–Crippen LogP) is 5.91. The fourth-order valence-corrected chi connectivity index (χ4v) is 5.19. The number of amides is 2. The van der Waals surface area contributed by atoms with Gasteiger partial charge in [0.2, 0.25) is 12.7 Å². The van der Waals surface area contributed by atoms with Crippen molar-refractivity contribution in [1.82, 2.24) is 4.90 Å². The number of para-hydroxylation sites is 1. The van der Waals surface area contributed by atoms with E-state index in [1.165, 1.54) is 17.7 Å². The molecule has 1 N–H and O–H groups in total. The van der Waals surface area contributed by atoms with E-state index in [0.717, 1.165) is 24.2 Å². The van der Waals surface area contributed by atoms with E-state index in [-0.39, 0.29) is 25.0 Å². The van der Waals surface area contributed by atoms with Crippen molar-refractivity contribution in [2.24, 2.45) is 0 Å². The zero-order valence-corrected chi connectivity index (χ0v) is 23.3. The Morgan fingerprint density at radius 1 is 1.00 bits per heavy atom. The molecule has 1 unspecified atom stereocenters. The number of benzene rings is 3. The summed E-state index contributed by atoms with van der Waals surface area (Å²) in [6.07, 6.45) is 4.52. The van der Waals surface area contributed by atoms with Crippen LogP contribution in [0.15, 0.2) is 72.8 Å². The molecule has 0 spiro atoms. The third-order valence-electron chi connectivity index (χ3n) is 6.91. The maximum Gasteiger partial charge on any atom is 0.256 e. The smallest absolute Gasteiger partial charge is 0.256 e. The van der Waals surface area contributed by atoms with E-state index in [2.05, 4.69) is 12.2 Å². The first kappa shape index (κ1) is 27.5. The second kappa shape index (κ2) is 12.8. The summed E-state index contributed by atoms with van der Waals surface area (Å²) >= 11 is 5.78. The van der Waals surface area contributed by atoms with Crippen LogP contribution in [0, 0.1) is 0 Å². The highest BCUT2D eigenvalue weighted by Gasteiger charge is 2.44. The first-order valence-corrected chi connectivity index (χ1v) is 14.0. The third kappa shape index (κ3) is 6.37. The highest BCUT2D eigenvalue weighted by Crippen LogP contribution is 2.34. The van der Waals surface area contributed by atoms with Crippen LogP contribution in [0.2, 0.25) is 0 Å². The highest BCUT2D eigenvalue weighted by molar-refractivity contribution is 7.80. The van der Waals surface area contributed by atoms with Crippen LogP contribution >= 0.6 is 12.2 Å². The quantitative estimate of drug-likeness (QED) is 0.218. The number of nitrogens with zero attached hydrogens (tertiary/aromatic N) is 2. The van der Waals surface area contributed by atoms with Gasteiger partial charge in [0.25, 0.3) is 5.91 Å². The minimum Gasteiger partial charge on any atom is -0.494 e. The minimum absolute atomic E-state index is 0.0530. The van der Waals surface area contributed by atoms with Crippen molar-refractivity contribution >= 4 is 40.5 Å². The third-order valence-corrected chi connectivity index (χ3v) is 7.32. The molecule has 5 rings (SSSR count). The predicted molar refractivity (Wildman–Crippen MR) is 158 cm³/mol. The lowest BCUT2D eigenvalue weighted by atomic mass is 10.1. The van der Waals surface area contributed by atoms with Crippen molar-refractivity contribution < 1.29 is 23.8 Å². The van der Waals surface area contributed by atoms with Crippen LogP contribution in [-0.2, 0) is 16.1 Å². The zero-order valence-electron chi connectivity index (χ0n) is 22.5. The lowest BCUT2D eigenvalue weighted by Gasteiger charge is -2.24. The first-order chi connectivity index (χ1) is 19.5. The number of carbonyl (C=O) groups excluding carboxylic acids is 2. The number of rotatable bonds is 12. The summed E-state index contributed by atoms with van der Waals surface area (Å²) in [7, 11) is 0. The molecule has 2 heterocycles. The van der Waals surface area contributed by atoms with E-state index >= 15 is 0 Å². The molecule has 0 saturated carbocycles. The molecule has 3 aromatic rings. The van der Waals surface area contributed by atoms with E-state index in [0.29, 0.717) is 41.1 Å². The van der Waals surface area contributed by atoms with Gasteiger partial charge in [0.1, 0.15) is 11.8 Å². The van der Waals surface area contributed by atoms with Gasteiger partial charge in [-0.2, -0.15) is 0 Å². The number of hydrogen-bond acceptors (Lipinski definition) is 6. The van der Waals surface area contributed by atoms with Gasteiger partial charge in [-0.1, -0.05) is 50.5 Å². The average molecular weight is 560 g/mol. The summed E-state index contributed by atoms with van der Waals surface area (Å²) in [6, 6.07) is 21.4. The van der Waals surface area contributed by atoms with Gasteiger partial charge in [0.05, 0.1) is 18.7 Å². The number of unbranched alkanes of at least 4 members (excludes halogenated alkanes) is 3. The molecule has 1 atom stereocenters. The Bertz CT molecular complexity index is 1350. The molecule has 208 valence electrons. The average Bonchev–Trinajstić information content (AvgIpc) is 3.52. The fourth-order valence-electron chi connectivity index (χ4n) is 4.81. The maximum absolute atomic E-state index is 13.7. The fraction of sp³-hybridized carbons (Fsp3) is 0.323. The van der Waals surface area contributed by atoms with Crippen molar-refractivity contribution in [1.29, 1.82) is 0 Å². The van der Waals surface area contributed by atoms with Gasteiger partial charge in [0.15, 0.2) is 16.6 Å². The first-order valence-electron chi connectivity index (χ1n) is 13.6. The van der Waals surface area contributed by atoms with Crippen LogP contribution in [0.3, 0.4) is 0 Å². The Morgan fingerprint density at radius 3 is 2.55 bits per heavy atom. The van der Waals surface area contributed by atoms with E-state index in [1.807, 2.05) is 60.7 Å². The molecule has 9 heteroatoms. The van der Waals surface area contributed by atoms with Gasteiger partial charge >= 0.3 is 0 Å². The SMILES string of the molecule is CCCCCCOc1ccc(NC(=O)CC2C(=O)N(c3ccccc3)C(=S)N2Cc2ccc3c(c2)OCO3)cc1. The van der Waals surface area contributed by atoms with E-state index in [4.69, 9.17) is 26.4 Å². The molecule has 2 amide bonds. The molecule has 0 aliphatic carbocycles. The molecule has 0 radical (unpaired) electrons. The molecule has 1 fully saturated rings. The summed E-state index contributed by atoms with van der Waals surface area (Å²) in [4.78, 5) is 30.1. The van der Waals surface area contributed by atoms with Gasteiger partial charge in [-0.15, -0.1) is 0 Å². The van der Waals surface area contributed by atoms with Gasteiger partial charge < -0.3 is 24.4 Å². The van der Waals surface area contributed by atoms with E-state index < -0.39 is 6.04 Å². The van der Waals surface area contributed by atoms with Gasteiger partial charge in [-0.25, -0.2) is 0 Å². The topological polar surface area (TPSA) is 80.3 Å². The van der Waals surface area contributed by atoms with Gasteiger partial charge in [0, 0.05) is 12.2 Å². The molecular weight excluding hydrogens is 526 g/mol. The summed E-state index contributed by atoms with van der Waals surface area (Å²) in [5, 5.41) is 3.27. The van der Waals surface area contributed by atoms with E-state index in [1.54, 1.807) is 17.0 Å². The molecule has 2 aliphatic rings. The van der Waals surface area contributed by atoms with Crippen molar-refractivity contribution in [3.05, 3.63) is 78.4 Å². The summed E-state index contributed by atoms with van der Waals surface area (Å²) in [5.41, 5.74) is 2.20. The van der Waals surface area contributed by atoms with Crippen LogP contribution in [0.1, 0.15) is 44.6 Å². The molecule has 8 nitrogen and oxygen atoms in total. The highest BCUT2D eigenvalue weighted by atomic mass is 32.1. The van der Waals surface area contributed by atoms with Gasteiger partial charge in [-0.3, -0.25) is 14.5 Å². The Balaban J connectivity index is 1.27. The number of hydrogen-bond donors (Lipinski definition) is 1. The lowest BCUT2D eigenvalue weighted by molar-refractivity contribution is -0.124. The maximum atomic E-state index is 13.7. The standard InChI is InChI=1S/C31H33N3O5S/c1-2-3-4-8-17-37-25-14-12-23(13-15-25)32-29(35)19-26-30(36)34(24-9-6-5-7-10-24)31(40)33(26)20-22-11-16-27-28(18-22)39-21-38-27/h5-7,9-16,18,26H,2-4,8,17,19-21H2,1H3,(H,32,35). The number of nitrogens with one attached hydrogen (secondary N) is 1. The molecule has 2 aliphatic heterocycles. The molecular formula is C31H33N3O5S. The minimum atomic E-state index is -0.760. The van der Waals surface area contributed by atoms with Crippen molar-refractivity contribution in [3.63, 3.8) is 0 Å². The second-order valence-electron chi connectivity index (χ2n) is 9.81. The Kier molecular flexibility index (Phi) is 8.81. The number of anilines is 2. The van der Waals surface area contributed by atoms with Crippen LogP contribution in [-0.4, -0.2) is 41.3 Å². The van der Waals surface area contributed by atoms with Crippen LogP contribution in [0.5, 0.6) is 17.2 Å². The van der Waals surface area contributed by atoms with Crippen LogP contribution < -0.4 is 24.4 Å². The Hall–Kier alpha value is -4.11. The van der Waals surface area contributed by atoms with Crippen molar-refractivity contribution in [2.75, 3.05) is 23.6 Å². The number of thiocarbonyl (C=S) groups is 1. The number of fused-ring (bicyclic) bond motifs is 1. The van der Waals surface area contributed by atoms with Gasteiger partial charge in [-0.05, 0) is 72.7 Å². The Labute approximate surface area is 239 Å². The monoisotopic (exact) mass is 559 g/mol. The van der Waals surface area contributed by atoms with Crippen molar-refractivity contribution in [3.8, 4) is 17.2 Å². The molecule has 3 aromatic carbocycles. The Morgan fingerprint density at radius 2 is 1.77 bits per heavy atom. The zero-order chi connectivity index (χ0) is 27.9. The normalized spacial score (nSPS) is 16.0. The van der Waals surface area contributed by atoms with E-state index in [9.17, 15) is 9.59 Å². The van der Waals surface area contributed by atoms with Crippen LogP contribution in [0.25, 0.3) is 0 Å².